The van der Waals surface area contributed by atoms with Gasteiger partial charge in [-0.1, -0.05) is 18.2 Å². The molecule has 0 saturated heterocycles. The van der Waals surface area contributed by atoms with Gasteiger partial charge in [0, 0.05) is 5.69 Å². The number of aromatic amines is 1. The van der Waals surface area contributed by atoms with E-state index in [0.717, 1.165) is 17.7 Å². The van der Waals surface area contributed by atoms with Crippen molar-refractivity contribution in [3.8, 4) is 5.75 Å². The minimum absolute atomic E-state index is 0.0968. The Hall–Kier alpha value is -3.09. The van der Waals surface area contributed by atoms with Crippen LogP contribution < -0.4 is 21.3 Å². The van der Waals surface area contributed by atoms with Crippen molar-refractivity contribution in [3.63, 3.8) is 0 Å². The summed E-state index contributed by atoms with van der Waals surface area (Å²) in [6.45, 7) is -0.109. The van der Waals surface area contributed by atoms with Crippen molar-refractivity contribution in [2.24, 2.45) is 5.73 Å². The maximum atomic E-state index is 12.2. The zero-order chi connectivity index (χ0) is 17.8. The van der Waals surface area contributed by atoms with Gasteiger partial charge in [0.2, 0.25) is 0 Å². The third kappa shape index (κ3) is 3.88. The average Bonchev–Trinajstić information content (AvgIpc) is 2.60. The van der Waals surface area contributed by atoms with Crippen LogP contribution in [0.4, 0.5) is 0 Å². The summed E-state index contributed by atoms with van der Waals surface area (Å²) in [5.74, 6) is -0.442. The molecule has 2 aromatic rings. The fraction of sp³-hybridized carbons (Fsp3) is 0.278. The number of nitrogens with two attached hydrogens (primary N) is 1. The second-order valence-corrected chi connectivity index (χ2v) is 5.92. The number of aryl methyl sites for hydroxylation is 1. The molecule has 0 fully saturated rings. The molecule has 0 spiro atoms. The van der Waals surface area contributed by atoms with E-state index in [1.807, 2.05) is 18.2 Å². The van der Waals surface area contributed by atoms with E-state index in [2.05, 4.69) is 10.3 Å². The number of fused-ring (bicyclic) bond motifs is 1. The summed E-state index contributed by atoms with van der Waals surface area (Å²) in [4.78, 5) is 38.1. The molecule has 2 amide bonds. The van der Waals surface area contributed by atoms with Crippen LogP contribution in [-0.4, -0.2) is 23.4 Å². The monoisotopic (exact) mass is 341 g/mol. The molecule has 1 atom stereocenters. The fourth-order valence-corrected chi connectivity index (χ4v) is 2.98. The minimum Gasteiger partial charge on any atom is -0.484 e. The molecule has 1 heterocycles. The third-order valence-corrected chi connectivity index (χ3v) is 4.17. The third-order valence-electron chi connectivity index (χ3n) is 4.17. The molecule has 1 aromatic carbocycles. The van der Waals surface area contributed by atoms with Crippen LogP contribution in [0.1, 0.15) is 40.5 Å². The molecule has 7 heteroatoms. The van der Waals surface area contributed by atoms with Crippen molar-refractivity contribution in [2.45, 2.75) is 25.3 Å². The predicted octanol–water partition coefficient (Wildman–Crippen LogP) is 1.05. The lowest BCUT2D eigenvalue weighted by atomic mass is 9.90. The molecule has 0 aliphatic heterocycles. The van der Waals surface area contributed by atoms with Gasteiger partial charge in [-0.2, -0.15) is 0 Å². The lowest BCUT2D eigenvalue weighted by Crippen LogP contribution is -2.36. The topological polar surface area (TPSA) is 114 Å². The summed E-state index contributed by atoms with van der Waals surface area (Å²) in [5, 5.41) is 2.89. The predicted molar refractivity (Wildman–Crippen MR) is 91.3 cm³/mol. The maximum absolute atomic E-state index is 12.2. The molecule has 1 aliphatic rings. The SMILES string of the molecule is NC(=O)c1cc2c([nH]c1=O)CCCC2NC(=O)COc1ccccc1. The number of carbonyl (C=O) groups excluding carboxylic acids is 2. The molecule has 0 radical (unpaired) electrons. The number of para-hydroxylation sites is 1. The normalized spacial score (nSPS) is 15.9. The molecule has 1 aromatic heterocycles. The van der Waals surface area contributed by atoms with Crippen LogP contribution in [0, 0.1) is 0 Å². The molecule has 0 bridgehead atoms. The molecule has 7 nitrogen and oxygen atoms in total. The van der Waals surface area contributed by atoms with Crippen LogP contribution in [0.5, 0.6) is 5.75 Å². The zero-order valence-corrected chi connectivity index (χ0v) is 13.6. The summed E-state index contributed by atoms with van der Waals surface area (Å²) in [6.07, 6.45) is 2.23. The number of pyridine rings is 1. The first-order valence-corrected chi connectivity index (χ1v) is 8.07. The zero-order valence-electron chi connectivity index (χ0n) is 13.6. The number of hydrogen-bond acceptors (Lipinski definition) is 4. The Labute approximate surface area is 144 Å². The number of nitrogens with one attached hydrogen (secondary N) is 2. The van der Waals surface area contributed by atoms with Crippen LogP contribution >= 0.6 is 0 Å². The van der Waals surface area contributed by atoms with Crippen LogP contribution in [-0.2, 0) is 11.2 Å². The Morgan fingerprint density at radius 3 is 2.76 bits per heavy atom. The summed E-state index contributed by atoms with van der Waals surface area (Å²) in [7, 11) is 0. The number of ether oxygens (including phenoxy) is 1. The second-order valence-electron chi connectivity index (χ2n) is 5.92. The Kier molecular flexibility index (Phi) is 4.83. The van der Waals surface area contributed by atoms with E-state index >= 15 is 0 Å². The van der Waals surface area contributed by atoms with Crippen molar-refractivity contribution >= 4 is 11.8 Å². The van der Waals surface area contributed by atoms with E-state index in [1.165, 1.54) is 6.07 Å². The Balaban J connectivity index is 1.72. The van der Waals surface area contributed by atoms with Gasteiger partial charge < -0.3 is 20.8 Å². The van der Waals surface area contributed by atoms with Crippen LogP contribution in [0.15, 0.2) is 41.2 Å². The van der Waals surface area contributed by atoms with E-state index < -0.39 is 11.5 Å². The number of H-pyrrole nitrogens is 1. The highest BCUT2D eigenvalue weighted by Crippen LogP contribution is 2.28. The second kappa shape index (κ2) is 7.21. The van der Waals surface area contributed by atoms with Crippen LogP contribution in [0.2, 0.25) is 0 Å². The van der Waals surface area contributed by atoms with E-state index in [1.54, 1.807) is 12.1 Å². The lowest BCUT2D eigenvalue weighted by Gasteiger charge is -2.26. The standard InChI is InChI=1S/C18H19N3O4/c19-17(23)13-9-12-14(7-4-8-15(12)21-18(13)24)20-16(22)10-25-11-5-2-1-3-6-11/h1-3,5-6,9,14H,4,7-8,10H2,(H2,19,23)(H,20,22)(H,21,24). The van der Waals surface area contributed by atoms with E-state index in [9.17, 15) is 14.4 Å². The van der Waals surface area contributed by atoms with E-state index in [-0.39, 0.29) is 24.1 Å². The Morgan fingerprint density at radius 2 is 2.04 bits per heavy atom. The molecule has 4 N–H and O–H groups in total. The molecule has 25 heavy (non-hydrogen) atoms. The summed E-state index contributed by atoms with van der Waals surface area (Å²) in [6, 6.07) is 10.3. The highest BCUT2D eigenvalue weighted by molar-refractivity contribution is 5.92. The lowest BCUT2D eigenvalue weighted by molar-refractivity contribution is -0.124. The van der Waals surface area contributed by atoms with Gasteiger partial charge in [0.1, 0.15) is 11.3 Å². The van der Waals surface area contributed by atoms with Gasteiger partial charge in [0.05, 0.1) is 6.04 Å². The van der Waals surface area contributed by atoms with Gasteiger partial charge in [-0.25, -0.2) is 0 Å². The number of hydrogen-bond donors (Lipinski definition) is 3. The van der Waals surface area contributed by atoms with Gasteiger partial charge in [-0.05, 0) is 43.0 Å². The smallest absolute Gasteiger partial charge is 0.261 e. The van der Waals surface area contributed by atoms with Crippen LogP contribution in [0.3, 0.4) is 0 Å². The van der Waals surface area contributed by atoms with Crippen molar-refractivity contribution in [1.29, 1.82) is 0 Å². The van der Waals surface area contributed by atoms with Gasteiger partial charge in [-0.15, -0.1) is 0 Å². The van der Waals surface area contributed by atoms with Gasteiger partial charge >= 0.3 is 0 Å². The molecular formula is C18H19N3O4. The molecule has 1 aliphatic carbocycles. The molecule has 3 rings (SSSR count). The Bertz CT molecular complexity index is 845. The number of rotatable bonds is 5. The first kappa shape index (κ1) is 16.8. The first-order valence-electron chi connectivity index (χ1n) is 8.07. The van der Waals surface area contributed by atoms with Gasteiger partial charge in [-0.3, -0.25) is 14.4 Å². The quantitative estimate of drug-likeness (QED) is 0.754. The fourth-order valence-electron chi connectivity index (χ4n) is 2.98. The number of amides is 2. The van der Waals surface area contributed by atoms with Crippen molar-refractivity contribution in [2.75, 3.05) is 6.61 Å². The van der Waals surface area contributed by atoms with Crippen molar-refractivity contribution in [3.05, 3.63) is 63.6 Å². The highest BCUT2D eigenvalue weighted by Gasteiger charge is 2.24. The molecular weight excluding hydrogens is 322 g/mol. The molecule has 130 valence electrons. The van der Waals surface area contributed by atoms with Gasteiger partial charge in [0.25, 0.3) is 17.4 Å². The number of benzene rings is 1. The molecule has 0 saturated carbocycles. The summed E-state index contributed by atoms with van der Waals surface area (Å²) >= 11 is 0. The van der Waals surface area contributed by atoms with E-state index in [0.29, 0.717) is 18.6 Å². The molecule has 1 unspecified atom stereocenters. The summed E-state index contributed by atoms with van der Waals surface area (Å²) in [5.41, 5.74) is 6.11. The van der Waals surface area contributed by atoms with Gasteiger partial charge in [0.15, 0.2) is 6.61 Å². The number of primary amides is 1. The van der Waals surface area contributed by atoms with Crippen LogP contribution in [0.25, 0.3) is 0 Å². The largest absolute Gasteiger partial charge is 0.484 e. The number of carbonyl (C=O) groups is 2. The summed E-state index contributed by atoms with van der Waals surface area (Å²) < 4.78 is 5.43. The minimum atomic E-state index is -0.785. The van der Waals surface area contributed by atoms with E-state index in [4.69, 9.17) is 10.5 Å². The average molecular weight is 341 g/mol. The Morgan fingerprint density at radius 1 is 1.28 bits per heavy atom. The van der Waals surface area contributed by atoms with Crippen molar-refractivity contribution < 1.29 is 14.3 Å². The highest BCUT2D eigenvalue weighted by atomic mass is 16.5. The first-order chi connectivity index (χ1) is 12.0. The van der Waals surface area contributed by atoms with Crippen molar-refractivity contribution in [1.82, 2.24) is 10.3 Å². The number of aromatic nitrogens is 1. The maximum Gasteiger partial charge on any atom is 0.261 e.